The fourth-order valence-electron chi connectivity index (χ4n) is 4.54. The van der Waals surface area contributed by atoms with Crippen LogP contribution >= 0.6 is 12.2 Å². The Morgan fingerprint density at radius 3 is 1.26 bits per heavy atom. The van der Waals surface area contributed by atoms with E-state index in [-0.39, 0.29) is 32.1 Å². The summed E-state index contributed by atoms with van der Waals surface area (Å²) in [4.78, 5) is 56.2. The summed E-state index contributed by atoms with van der Waals surface area (Å²) in [6.07, 6.45) is 0. The number of carbonyl (C=O) groups excluding carboxylic acids is 1. The van der Waals surface area contributed by atoms with E-state index in [9.17, 15) is 34.5 Å². The predicted molar refractivity (Wildman–Crippen MR) is 163 cm³/mol. The van der Waals surface area contributed by atoms with Crippen molar-refractivity contribution in [3.05, 3.63) is 24.3 Å². The van der Waals surface area contributed by atoms with E-state index in [0.29, 0.717) is 63.2 Å². The lowest BCUT2D eigenvalue weighted by Gasteiger charge is -2.32. The molecular weight excluding hydrogens is 566 g/mol. The van der Waals surface area contributed by atoms with Gasteiger partial charge in [0.05, 0.1) is 26.2 Å². The van der Waals surface area contributed by atoms with Gasteiger partial charge in [0.2, 0.25) is 5.91 Å². The molecule has 1 fully saturated rings. The van der Waals surface area contributed by atoms with Crippen LogP contribution in [0.1, 0.15) is 13.8 Å². The predicted octanol–water partition coefficient (Wildman–Crippen LogP) is 0.139. The number of aliphatic carboxylic acids is 3. The number of nitrogens with one attached hydrogen (secondary N) is 2. The van der Waals surface area contributed by atoms with E-state index in [1.165, 1.54) is 0 Å². The van der Waals surface area contributed by atoms with E-state index < -0.39 is 17.9 Å². The van der Waals surface area contributed by atoms with Gasteiger partial charge in [-0.25, -0.2) is 0 Å². The van der Waals surface area contributed by atoms with Crippen molar-refractivity contribution in [1.82, 2.24) is 24.5 Å². The number of nitrogens with zero attached hydrogens (tertiary/aromatic N) is 5. The second-order valence-electron chi connectivity index (χ2n) is 10.0. The summed E-state index contributed by atoms with van der Waals surface area (Å²) < 4.78 is 0. The molecule has 0 spiro atoms. The van der Waals surface area contributed by atoms with Crippen molar-refractivity contribution in [3.63, 3.8) is 0 Å². The third kappa shape index (κ3) is 13.5. The molecule has 1 saturated heterocycles. The summed E-state index contributed by atoms with van der Waals surface area (Å²) in [5.74, 6) is -3.27. The van der Waals surface area contributed by atoms with Crippen molar-refractivity contribution in [2.24, 2.45) is 0 Å². The number of thiocarbonyl (C=S) groups is 1. The van der Waals surface area contributed by atoms with E-state index >= 15 is 0 Å². The minimum atomic E-state index is -1.01. The van der Waals surface area contributed by atoms with Crippen molar-refractivity contribution in [1.29, 1.82) is 0 Å². The third-order valence-corrected chi connectivity index (χ3v) is 7.20. The van der Waals surface area contributed by atoms with Gasteiger partial charge >= 0.3 is 17.9 Å². The molecule has 1 aromatic carbocycles. The molecule has 2 rings (SSSR count). The highest BCUT2D eigenvalue weighted by atomic mass is 32.1. The Labute approximate surface area is 251 Å². The van der Waals surface area contributed by atoms with Crippen LogP contribution in [0.5, 0.6) is 0 Å². The summed E-state index contributed by atoms with van der Waals surface area (Å²) in [5, 5.41) is 34.7. The molecule has 1 aliphatic heterocycles. The fourth-order valence-corrected chi connectivity index (χ4v) is 4.91. The number of hydrogen-bond donors (Lipinski definition) is 5. The molecule has 0 radical (unpaired) electrons. The van der Waals surface area contributed by atoms with Crippen molar-refractivity contribution in [3.8, 4) is 0 Å². The average molecular weight is 610 g/mol. The van der Waals surface area contributed by atoms with Crippen LogP contribution in [-0.2, 0) is 19.2 Å². The first-order valence-electron chi connectivity index (χ1n) is 14.0. The second-order valence-corrected chi connectivity index (χ2v) is 10.4. The molecule has 1 amide bonds. The summed E-state index contributed by atoms with van der Waals surface area (Å²) in [7, 11) is 0. The van der Waals surface area contributed by atoms with Gasteiger partial charge in [0, 0.05) is 76.8 Å². The Kier molecular flexibility index (Phi) is 15.1. The maximum absolute atomic E-state index is 13.0. The summed E-state index contributed by atoms with van der Waals surface area (Å²) in [6, 6.07) is 7.19. The van der Waals surface area contributed by atoms with Crippen LogP contribution < -0.4 is 10.6 Å². The maximum atomic E-state index is 13.0. The van der Waals surface area contributed by atoms with Crippen LogP contribution in [-0.4, -0.2) is 160 Å². The lowest BCUT2D eigenvalue weighted by Crippen LogP contribution is -2.49. The van der Waals surface area contributed by atoms with Gasteiger partial charge in [0.25, 0.3) is 0 Å². The number of amides is 1. The van der Waals surface area contributed by atoms with Gasteiger partial charge in [0.1, 0.15) is 0 Å². The zero-order valence-electron chi connectivity index (χ0n) is 24.3. The first-order valence-corrected chi connectivity index (χ1v) is 14.4. The Bertz CT molecular complexity index is 1020. The summed E-state index contributed by atoms with van der Waals surface area (Å²) in [6.45, 7) is 7.66. The molecular formula is C27H43N7O7S. The lowest BCUT2D eigenvalue weighted by molar-refractivity contribution is -0.140. The van der Waals surface area contributed by atoms with Crippen LogP contribution in [0.15, 0.2) is 24.3 Å². The molecule has 0 aliphatic carbocycles. The highest BCUT2D eigenvalue weighted by Gasteiger charge is 2.21. The quantitative estimate of drug-likeness (QED) is 0.203. The number of rotatable bonds is 12. The molecule has 42 heavy (non-hydrogen) atoms. The molecule has 0 atom stereocenters. The molecule has 15 heteroatoms. The summed E-state index contributed by atoms with van der Waals surface area (Å²) in [5.41, 5.74) is 1.40. The Morgan fingerprint density at radius 2 is 0.952 bits per heavy atom. The topological polar surface area (TPSA) is 169 Å². The number of carboxylic acid groups (broad SMARTS) is 3. The van der Waals surface area contributed by atoms with E-state index in [2.05, 4.69) is 10.6 Å². The third-order valence-electron chi connectivity index (χ3n) is 6.84. The van der Waals surface area contributed by atoms with Gasteiger partial charge in [-0.3, -0.25) is 38.8 Å². The van der Waals surface area contributed by atoms with Crippen molar-refractivity contribution in [2.45, 2.75) is 13.8 Å². The molecule has 0 bridgehead atoms. The van der Waals surface area contributed by atoms with Gasteiger partial charge in [-0.2, -0.15) is 0 Å². The average Bonchev–Trinajstić information content (AvgIpc) is 2.91. The second kappa shape index (κ2) is 18.2. The van der Waals surface area contributed by atoms with Crippen molar-refractivity contribution >= 4 is 52.5 Å². The highest BCUT2D eigenvalue weighted by Crippen LogP contribution is 2.14. The first-order chi connectivity index (χ1) is 20.0. The minimum Gasteiger partial charge on any atom is -0.480 e. The standard InChI is InChI=1S/C27H43N7O7S/c1-3-34(4-2)27(42)29-22-7-5-21(6-8-22)28-23(35)17-30-9-11-31(18-24(36)37)13-15-33(20-26(40)41)16-14-32(12-10-30)19-25(38)39/h5-8H,3-4,9-20H2,1-2H3,(H,28,35)(H,29,42)(H,36,37)(H,38,39)(H,40,41). The number of carboxylic acids is 3. The lowest BCUT2D eigenvalue weighted by atomic mass is 10.2. The van der Waals surface area contributed by atoms with Gasteiger partial charge in [-0.1, -0.05) is 0 Å². The molecule has 5 N–H and O–H groups in total. The summed E-state index contributed by atoms with van der Waals surface area (Å²) >= 11 is 5.43. The smallest absolute Gasteiger partial charge is 0.317 e. The van der Waals surface area contributed by atoms with Crippen LogP contribution in [0.2, 0.25) is 0 Å². The first kappa shape index (κ1) is 34.8. The zero-order valence-corrected chi connectivity index (χ0v) is 25.1. The maximum Gasteiger partial charge on any atom is 0.317 e. The molecule has 1 heterocycles. The molecule has 14 nitrogen and oxygen atoms in total. The van der Waals surface area contributed by atoms with Crippen LogP contribution in [0.25, 0.3) is 0 Å². The van der Waals surface area contributed by atoms with Gasteiger partial charge < -0.3 is 30.9 Å². The molecule has 0 unspecified atom stereocenters. The van der Waals surface area contributed by atoms with Crippen LogP contribution in [0, 0.1) is 0 Å². The van der Waals surface area contributed by atoms with Crippen molar-refractivity contribution in [2.75, 3.05) is 102 Å². The zero-order chi connectivity index (χ0) is 31.1. The van der Waals surface area contributed by atoms with Gasteiger partial charge in [-0.05, 0) is 50.3 Å². The van der Waals surface area contributed by atoms with E-state index in [0.717, 1.165) is 18.8 Å². The minimum absolute atomic E-state index is 0.0268. The van der Waals surface area contributed by atoms with Gasteiger partial charge in [-0.15, -0.1) is 0 Å². The Morgan fingerprint density at radius 1 is 0.643 bits per heavy atom. The molecule has 234 valence electrons. The van der Waals surface area contributed by atoms with Crippen LogP contribution in [0.3, 0.4) is 0 Å². The normalized spacial score (nSPS) is 16.5. The van der Waals surface area contributed by atoms with E-state index in [1.807, 2.05) is 35.8 Å². The van der Waals surface area contributed by atoms with Crippen LogP contribution in [0.4, 0.5) is 11.4 Å². The molecule has 0 saturated carbocycles. The SMILES string of the molecule is CCN(CC)C(=S)Nc1ccc(NC(=O)CN2CCN(CC(=O)O)CCN(CC(=O)O)CCN(CC(=O)O)CC2)cc1. The number of hydrogen-bond acceptors (Lipinski definition) is 9. The monoisotopic (exact) mass is 609 g/mol. The number of carbonyl (C=O) groups is 4. The Balaban J connectivity index is 2.07. The largest absolute Gasteiger partial charge is 0.480 e. The number of benzene rings is 1. The Hall–Kier alpha value is -3.37. The van der Waals surface area contributed by atoms with Gasteiger partial charge in [0.15, 0.2) is 5.11 Å². The molecule has 0 aromatic heterocycles. The molecule has 1 aromatic rings. The highest BCUT2D eigenvalue weighted by molar-refractivity contribution is 7.80. The molecule has 1 aliphatic rings. The van der Waals surface area contributed by atoms with Crippen molar-refractivity contribution < 1.29 is 34.5 Å². The number of anilines is 2. The van der Waals surface area contributed by atoms with E-state index in [1.54, 1.807) is 26.8 Å². The van der Waals surface area contributed by atoms with E-state index in [4.69, 9.17) is 12.2 Å². The fraction of sp³-hybridized carbons (Fsp3) is 0.593.